The van der Waals surface area contributed by atoms with Gasteiger partial charge in [-0.2, -0.15) is 5.10 Å². The van der Waals surface area contributed by atoms with Gasteiger partial charge >= 0.3 is 0 Å². The molecule has 0 saturated heterocycles. The zero-order valence-electron chi connectivity index (χ0n) is 13.5. The predicted molar refractivity (Wildman–Crippen MR) is 95.3 cm³/mol. The maximum Gasteiger partial charge on any atom is 0.277 e. The lowest BCUT2D eigenvalue weighted by atomic mass is 10.1. The largest absolute Gasteiger partial charge is 0.493 e. The summed E-state index contributed by atoms with van der Waals surface area (Å²) in [6.45, 7) is 1.32. The fourth-order valence-corrected chi connectivity index (χ4v) is 2.44. The standard InChI is InChI=1S/C17H15Cl2FN2O3/c1-10(11-7-14(20)13(19)8-12(11)18)21-22-17(23)9-25-16-6-4-3-5-15(16)24-2/h3-8H,9H2,1-2H3,(H,22,23)/b21-10-. The number of halogens is 3. The van der Waals surface area contributed by atoms with E-state index in [9.17, 15) is 9.18 Å². The molecule has 0 aromatic heterocycles. The van der Waals surface area contributed by atoms with Gasteiger partial charge in [0.1, 0.15) is 5.82 Å². The smallest absolute Gasteiger partial charge is 0.277 e. The SMILES string of the molecule is COc1ccccc1OCC(=O)N/N=C(/C)c1cc(F)c(Cl)cc1Cl. The minimum atomic E-state index is -0.624. The van der Waals surface area contributed by atoms with E-state index in [0.29, 0.717) is 22.8 Å². The number of amides is 1. The third-order valence-corrected chi connectivity index (χ3v) is 3.78. The van der Waals surface area contributed by atoms with Crippen LogP contribution in [0.5, 0.6) is 11.5 Å². The molecule has 0 unspecified atom stereocenters. The Morgan fingerprint density at radius 2 is 1.88 bits per heavy atom. The Labute approximate surface area is 154 Å². The molecule has 0 aliphatic heterocycles. The number of rotatable bonds is 6. The molecule has 0 aliphatic carbocycles. The van der Waals surface area contributed by atoms with Gasteiger partial charge in [-0.3, -0.25) is 4.79 Å². The zero-order valence-corrected chi connectivity index (χ0v) is 15.0. The summed E-state index contributed by atoms with van der Waals surface area (Å²) in [6.07, 6.45) is 0. The molecule has 0 heterocycles. The molecule has 5 nitrogen and oxygen atoms in total. The van der Waals surface area contributed by atoms with Crippen molar-refractivity contribution >= 4 is 34.8 Å². The van der Waals surface area contributed by atoms with Crippen LogP contribution in [-0.4, -0.2) is 25.3 Å². The average Bonchev–Trinajstić information content (AvgIpc) is 2.61. The molecule has 0 atom stereocenters. The van der Waals surface area contributed by atoms with Crippen LogP contribution in [0.3, 0.4) is 0 Å². The van der Waals surface area contributed by atoms with Crippen molar-refractivity contribution in [1.29, 1.82) is 0 Å². The molecule has 0 fully saturated rings. The second-order valence-corrected chi connectivity index (χ2v) is 5.73. The van der Waals surface area contributed by atoms with Gasteiger partial charge in [-0.1, -0.05) is 35.3 Å². The highest BCUT2D eigenvalue weighted by Crippen LogP contribution is 2.26. The van der Waals surface area contributed by atoms with Crippen LogP contribution in [0.15, 0.2) is 41.5 Å². The fourth-order valence-electron chi connectivity index (χ4n) is 1.92. The zero-order chi connectivity index (χ0) is 18.4. The molecule has 0 saturated carbocycles. The van der Waals surface area contributed by atoms with E-state index in [1.165, 1.54) is 13.2 Å². The molecule has 1 N–H and O–H groups in total. The second-order valence-electron chi connectivity index (χ2n) is 4.92. The van der Waals surface area contributed by atoms with Crippen molar-refractivity contribution in [2.75, 3.05) is 13.7 Å². The molecule has 0 bridgehead atoms. The van der Waals surface area contributed by atoms with Gasteiger partial charge < -0.3 is 9.47 Å². The molecule has 2 aromatic rings. The van der Waals surface area contributed by atoms with Crippen molar-refractivity contribution in [3.8, 4) is 11.5 Å². The number of para-hydroxylation sites is 2. The maximum absolute atomic E-state index is 13.5. The lowest BCUT2D eigenvalue weighted by Crippen LogP contribution is -2.25. The summed E-state index contributed by atoms with van der Waals surface area (Å²) in [5.41, 5.74) is 2.97. The number of hydrogen-bond acceptors (Lipinski definition) is 4. The molecule has 132 valence electrons. The fraction of sp³-hybridized carbons (Fsp3) is 0.176. The number of hydrazone groups is 1. The normalized spacial score (nSPS) is 11.2. The van der Waals surface area contributed by atoms with Crippen molar-refractivity contribution in [2.24, 2.45) is 5.10 Å². The van der Waals surface area contributed by atoms with Gasteiger partial charge in [0.15, 0.2) is 18.1 Å². The number of carbonyl (C=O) groups excluding carboxylic acids is 1. The Morgan fingerprint density at radius 3 is 2.56 bits per heavy atom. The van der Waals surface area contributed by atoms with Gasteiger partial charge in [0, 0.05) is 5.56 Å². The van der Waals surface area contributed by atoms with Gasteiger partial charge in [0.05, 0.1) is 22.9 Å². The van der Waals surface area contributed by atoms with Crippen LogP contribution in [0.2, 0.25) is 10.0 Å². The Morgan fingerprint density at radius 1 is 1.20 bits per heavy atom. The lowest BCUT2D eigenvalue weighted by Gasteiger charge is -2.10. The number of methoxy groups -OCH3 is 1. The third-order valence-electron chi connectivity index (χ3n) is 3.18. The van der Waals surface area contributed by atoms with Crippen LogP contribution < -0.4 is 14.9 Å². The summed E-state index contributed by atoms with van der Waals surface area (Å²) in [5, 5.41) is 4.03. The van der Waals surface area contributed by atoms with E-state index in [2.05, 4.69) is 10.5 Å². The van der Waals surface area contributed by atoms with Crippen molar-refractivity contribution in [2.45, 2.75) is 6.92 Å². The van der Waals surface area contributed by atoms with Crippen LogP contribution in [0.25, 0.3) is 0 Å². The van der Waals surface area contributed by atoms with E-state index >= 15 is 0 Å². The summed E-state index contributed by atoms with van der Waals surface area (Å²) in [7, 11) is 1.50. The highest BCUT2D eigenvalue weighted by Gasteiger charge is 2.11. The summed E-state index contributed by atoms with van der Waals surface area (Å²) >= 11 is 11.6. The topological polar surface area (TPSA) is 59.9 Å². The van der Waals surface area contributed by atoms with E-state index < -0.39 is 11.7 Å². The Bertz CT molecular complexity index is 812. The molecule has 0 aliphatic rings. The molecule has 8 heteroatoms. The minimum absolute atomic E-state index is 0.0872. The predicted octanol–water partition coefficient (Wildman–Crippen LogP) is 4.06. The first-order valence-corrected chi connectivity index (χ1v) is 7.91. The molecule has 2 rings (SSSR count). The van der Waals surface area contributed by atoms with E-state index in [4.69, 9.17) is 32.7 Å². The van der Waals surface area contributed by atoms with Crippen molar-refractivity contribution in [3.05, 3.63) is 57.8 Å². The maximum atomic E-state index is 13.5. The van der Waals surface area contributed by atoms with Gasteiger partial charge in [0.25, 0.3) is 5.91 Å². The summed E-state index contributed by atoms with van der Waals surface area (Å²) in [6, 6.07) is 9.37. The Kier molecular flexibility index (Phi) is 6.61. The van der Waals surface area contributed by atoms with Crippen molar-refractivity contribution in [1.82, 2.24) is 5.43 Å². The monoisotopic (exact) mass is 384 g/mol. The van der Waals surface area contributed by atoms with E-state index in [-0.39, 0.29) is 16.7 Å². The van der Waals surface area contributed by atoms with Gasteiger partial charge in [-0.25, -0.2) is 9.82 Å². The van der Waals surface area contributed by atoms with Crippen molar-refractivity contribution in [3.63, 3.8) is 0 Å². The lowest BCUT2D eigenvalue weighted by molar-refractivity contribution is -0.123. The van der Waals surface area contributed by atoms with E-state index in [0.717, 1.165) is 6.07 Å². The number of carbonyl (C=O) groups is 1. The first-order chi connectivity index (χ1) is 11.9. The van der Waals surface area contributed by atoms with Crippen LogP contribution in [0, 0.1) is 5.82 Å². The highest BCUT2D eigenvalue weighted by molar-refractivity contribution is 6.37. The Hall–Kier alpha value is -2.31. The molecule has 0 spiro atoms. The first kappa shape index (κ1) is 19.0. The van der Waals surface area contributed by atoms with Gasteiger partial charge in [-0.05, 0) is 31.2 Å². The van der Waals surface area contributed by atoms with Crippen LogP contribution in [0.1, 0.15) is 12.5 Å². The number of hydrogen-bond donors (Lipinski definition) is 1. The van der Waals surface area contributed by atoms with E-state index in [1.54, 1.807) is 31.2 Å². The van der Waals surface area contributed by atoms with Gasteiger partial charge in [-0.15, -0.1) is 0 Å². The van der Waals surface area contributed by atoms with Crippen molar-refractivity contribution < 1.29 is 18.7 Å². The highest BCUT2D eigenvalue weighted by atomic mass is 35.5. The summed E-state index contributed by atoms with van der Waals surface area (Å²) in [5.74, 6) is -0.167. The van der Waals surface area contributed by atoms with E-state index in [1.807, 2.05) is 0 Å². The van der Waals surface area contributed by atoms with Crippen LogP contribution in [0.4, 0.5) is 4.39 Å². The third kappa shape index (κ3) is 5.08. The molecular formula is C17H15Cl2FN2O3. The quantitative estimate of drug-likeness (QED) is 0.464. The average molecular weight is 385 g/mol. The molecular weight excluding hydrogens is 370 g/mol. The second kappa shape index (κ2) is 8.69. The summed E-state index contributed by atoms with van der Waals surface area (Å²) in [4.78, 5) is 11.8. The molecule has 25 heavy (non-hydrogen) atoms. The first-order valence-electron chi connectivity index (χ1n) is 7.16. The molecule has 2 aromatic carbocycles. The number of benzene rings is 2. The van der Waals surface area contributed by atoms with Crippen LogP contribution in [-0.2, 0) is 4.79 Å². The minimum Gasteiger partial charge on any atom is -0.493 e. The molecule has 1 amide bonds. The van der Waals surface area contributed by atoms with Gasteiger partial charge in [0.2, 0.25) is 0 Å². The summed E-state index contributed by atoms with van der Waals surface area (Å²) < 4.78 is 24.0. The number of nitrogens with zero attached hydrogens (tertiary/aromatic N) is 1. The number of ether oxygens (including phenoxy) is 2. The molecule has 0 radical (unpaired) electrons. The number of nitrogens with one attached hydrogen (secondary N) is 1. The Balaban J connectivity index is 1.99. The van der Waals surface area contributed by atoms with Crippen LogP contribution >= 0.6 is 23.2 Å².